The highest BCUT2D eigenvalue weighted by Crippen LogP contribution is 2.20. The molecule has 56 valence electrons. The summed E-state index contributed by atoms with van der Waals surface area (Å²) in [5, 5.41) is 0.823. The highest BCUT2D eigenvalue weighted by Gasteiger charge is 2.02. The highest BCUT2D eigenvalue weighted by molar-refractivity contribution is 9.10. The van der Waals surface area contributed by atoms with Crippen molar-refractivity contribution in [1.82, 2.24) is 9.97 Å². The maximum Gasteiger partial charge on any atom is 0.192 e. The van der Waals surface area contributed by atoms with Crippen LogP contribution in [0.1, 0.15) is 0 Å². The van der Waals surface area contributed by atoms with E-state index in [0.717, 1.165) is 5.39 Å². The Morgan fingerprint density at radius 3 is 3.09 bits per heavy atom. The maximum atomic E-state index is 12.6. The van der Waals surface area contributed by atoms with Crippen LogP contribution in [0.25, 0.3) is 10.9 Å². The molecule has 1 N–H and O–H groups in total. The van der Waals surface area contributed by atoms with Gasteiger partial charge in [0.25, 0.3) is 0 Å². The number of hydrogen-bond donors (Lipinski definition) is 1. The summed E-state index contributed by atoms with van der Waals surface area (Å²) in [6.07, 6.45) is 1.62. The van der Waals surface area contributed by atoms with Gasteiger partial charge in [-0.1, -0.05) is 0 Å². The first-order valence-corrected chi connectivity index (χ1v) is 3.85. The fourth-order valence-electron chi connectivity index (χ4n) is 0.986. The molecule has 11 heavy (non-hydrogen) atoms. The second-order valence-electron chi connectivity index (χ2n) is 2.18. The maximum absolute atomic E-state index is 12.6. The van der Waals surface area contributed by atoms with Crippen molar-refractivity contribution in [1.29, 1.82) is 0 Å². The normalized spacial score (nSPS) is 10.7. The van der Waals surface area contributed by atoms with Gasteiger partial charge in [0, 0.05) is 17.6 Å². The van der Waals surface area contributed by atoms with E-state index in [1.165, 1.54) is 6.07 Å². The monoisotopic (exact) mass is 214 g/mol. The van der Waals surface area contributed by atoms with Gasteiger partial charge in [-0.15, -0.1) is 0 Å². The van der Waals surface area contributed by atoms with Crippen LogP contribution in [0.15, 0.2) is 22.9 Å². The summed E-state index contributed by atoms with van der Waals surface area (Å²) < 4.78 is 13.2. The number of hydrogen-bond acceptors (Lipinski definition) is 1. The predicted octanol–water partition coefficient (Wildman–Crippen LogP) is 2.46. The van der Waals surface area contributed by atoms with Gasteiger partial charge in [-0.05, 0) is 22.0 Å². The predicted molar refractivity (Wildman–Crippen MR) is 43.8 cm³/mol. The second kappa shape index (κ2) is 2.30. The van der Waals surface area contributed by atoms with E-state index in [1.54, 1.807) is 12.3 Å². The van der Waals surface area contributed by atoms with Gasteiger partial charge >= 0.3 is 0 Å². The Bertz CT molecular complexity index is 396. The highest BCUT2D eigenvalue weighted by atomic mass is 79.9. The number of aromatic amines is 1. The molecule has 0 spiro atoms. The number of rotatable bonds is 0. The summed E-state index contributed by atoms with van der Waals surface area (Å²) in [6.45, 7) is 0. The fraction of sp³-hybridized carbons (Fsp3) is 0. The number of H-pyrrole nitrogens is 1. The average molecular weight is 215 g/mol. The van der Waals surface area contributed by atoms with E-state index in [1.807, 2.05) is 0 Å². The van der Waals surface area contributed by atoms with E-state index in [9.17, 15) is 4.39 Å². The topological polar surface area (TPSA) is 28.7 Å². The molecule has 2 aromatic rings. The van der Waals surface area contributed by atoms with Crippen molar-refractivity contribution >= 4 is 26.8 Å². The Labute approximate surface area is 70.6 Å². The van der Waals surface area contributed by atoms with Gasteiger partial charge in [-0.3, -0.25) is 0 Å². The molecule has 2 heterocycles. The Hall–Kier alpha value is -0.900. The Balaban J connectivity index is 2.90. The minimum absolute atomic E-state index is 0.339. The van der Waals surface area contributed by atoms with E-state index in [0.29, 0.717) is 10.1 Å². The van der Waals surface area contributed by atoms with E-state index in [4.69, 9.17) is 0 Å². The summed E-state index contributed by atoms with van der Waals surface area (Å²) in [5.74, 6) is -0.339. The fourth-order valence-corrected chi connectivity index (χ4v) is 1.43. The summed E-state index contributed by atoms with van der Waals surface area (Å²) in [4.78, 5) is 6.49. The SMILES string of the molecule is Fc1cc2ccnc(Br)c2[nH]1. The van der Waals surface area contributed by atoms with Crippen LogP contribution in [0.4, 0.5) is 4.39 Å². The van der Waals surface area contributed by atoms with Gasteiger partial charge in [0.15, 0.2) is 5.95 Å². The Kier molecular flexibility index (Phi) is 1.42. The van der Waals surface area contributed by atoms with Gasteiger partial charge in [-0.25, -0.2) is 4.98 Å². The summed E-state index contributed by atoms with van der Waals surface area (Å²) in [6, 6.07) is 3.18. The zero-order chi connectivity index (χ0) is 7.84. The van der Waals surface area contributed by atoms with Gasteiger partial charge < -0.3 is 4.98 Å². The van der Waals surface area contributed by atoms with Gasteiger partial charge in [0.2, 0.25) is 0 Å². The summed E-state index contributed by atoms with van der Waals surface area (Å²) in [7, 11) is 0. The van der Waals surface area contributed by atoms with E-state index in [2.05, 4.69) is 25.9 Å². The van der Waals surface area contributed by atoms with Crippen LogP contribution in [0, 0.1) is 5.95 Å². The third-order valence-electron chi connectivity index (χ3n) is 1.46. The molecule has 0 saturated heterocycles. The summed E-state index contributed by atoms with van der Waals surface area (Å²) >= 11 is 3.20. The van der Waals surface area contributed by atoms with E-state index >= 15 is 0 Å². The molecule has 0 atom stereocenters. The number of nitrogens with one attached hydrogen (secondary N) is 1. The van der Waals surface area contributed by atoms with Crippen LogP contribution in [0.3, 0.4) is 0 Å². The molecule has 0 aliphatic carbocycles. The molecular formula is C7H4BrFN2. The Morgan fingerprint density at radius 1 is 1.55 bits per heavy atom. The number of halogens is 2. The van der Waals surface area contributed by atoms with Crippen molar-refractivity contribution in [3.63, 3.8) is 0 Å². The van der Waals surface area contributed by atoms with Gasteiger partial charge in [0.05, 0.1) is 5.52 Å². The number of nitrogens with zero attached hydrogens (tertiary/aromatic N) is 1. The van der Waals surface area contributed by atoms with Crippen molar-refractivity contribution in [2.75, 3.05) is 0 Å². The molecule has 0 bridgehead atoms. The van der Waals surface area contributed by atoms with E-state index < -0.39 is 0 Å². The third kappa shape index (κ3) is 1.03. The lowest BCUT2D eigenvalue weighted by atomic mass is 10.3. The minimum atomic E-state index is -0.339. The molecule has 0 aliphatic heterocycles. The first-order valence-electron chi connectivity index (χ1n) is 3.06. The average Bonchev–Trinajstić information content (AvgIpc) is 2.31. The van der Waals surface area contributed by atoms with Gasteiger partial charge in [-0.2, -0.15) is 4.39 Å². The lowest BCUT2D eigenvalue weighted by molar-refractivity contribution is 0.594. The zero-order valence-electron chi connectivity index (χ0n) is 5.44. The largest absolute Gasteiger partial charge is 0.329 e. The molecule has 4 heteroatoms. The van der Waals surface area contributed by atoms with Crippen LogP contribution >= 0.6 is 15.9 Å². The van der Waals surface area contributed by atoms with Crippen LogP contribution in [-0.2, 0) is 0 Å². The number of aromatic nitrogens is 2. The lowest BCUT2D eigenvalue weighted by Crippen LogP contribution is -1.75. The molecular weight excluding hydrogens is 211 g/mol. The quantitative estimate of drug-likeness (QED) is 0.671. The van der Waals surface area contributed by atoms with Crippen LogP contribution < -0.4 is 0 Å². The second-order valence-corrected chi connectivity index (χ2v) is 2.93. The molecule has 0 aromatic carbocycles. The molecule has 0 saturated carbocycles. The van der Waals surface area contributed by atoms with Crippen molar-refractivity contribution in [3.05, 3.63) is 28.9 Å². The van der Waals surface area contributed by atoms with E-state index in [-0.39, 0.29) is 5.95 Å². The molecule has 0 radical (unpaired) electrons. The molecule has 2 nitrogen and oxygen atoms in total. The Morgan fingerprint density at radius 2 is 2.36 bits per heavy atom. The zero-order valence-corrected chi connectivity index (χ0v) is 7.02. The first kappa shape index (κ1) is 6.79. The van der Waals surface area contributed by atoms with Crippen LogP contribution in [-0.4, -0.2) is 9.97 Å². The number of fused-ring (bicyclic) bond motifs is 1. The van der Waals surface area contributed by atoms with Crippen molar-refractivity contribution in [2.24, 2.45) is 0 Å². The first-order chi connectivity index (χ1) is 5.27. The lowest BCUT2D eigenvalue weighted by Gasteiger charge is -1.89. The standard InChI is InChI=1S/C7H4BrFN2/c8-7-6-4(1-2-10-7)3-5(9)11-6/h1-3,11H. The van der Waals surface area contributed by atoms with Crippen molar-refractivity contribution in [2.45, 2.75) is 0 Å². The third-order valence-corrected chi connectivity index (χ3v) is 2.06. The molecule has 0 unspecified atom stereocenters. The molecule has 0 fully saturated rings. The molecule has 0 aliphatic rings. The smallest absolute Gasteiger partial charge is 0.192 e. The minimum Gasteiger partial charge on any atom is -0.329 e. The van der Waals surface area contributed by atoms with Gasteiger partial charge in [0.1, 0.15) is 4.60 Å². The molecule has 2 rings (SSSR count). The number of pyridine rings is 1. The van der Waals surface area contributed by atoms with Crippen molar-refractivity contribution < 1.29 is 4.39 Å². The van der Waals surface area contributed by atoms with Crippen LogP contribution in [0.5, 0.6) is 0 Å². The molecule has 2 aromatic heterocycles. The molecule has 0 amide bonds. The van der Waals surface area contributed by atoms with Crippen LogP contribution in [0.2, 0.25) is 0 Å². The summed E-state index contributed by atoms with van der Waals surface area (Å²) in [5.41, 5.74) is 0.699. The van der Waals surface area contributed by atoms with Crippen molar-refractivity contribution in [3.8, 4) is 0 Å².